The average molecular weight is 439 g/mol. The van der Waals surface area contributed by atoms with Crippen molar-refractivity contribution in [1.82, 2.24) is 0 Å². The van der Waals surface area contributed by atoms with Crippen molar-refractivity contribution >= 4 is 35.6 Å². The van der Waals surface area contributed by atoms with Gasteiger partial charge in [0.25, 0.3) is 0 Å². The molecule has 0 heterocycles. The number of aryl methyl sites for hydroxylation is 2. The smallest absolute Gasteiger partial charge is 0.193 e. The van der Waals surface area contributed by atoms with E-state index < -0.39 is 0 Å². The van der Waals surface area contributed by atoms with Gasteiger partial charge in [0, 0.05) is 12.2 Å². The second-order valence-electron chi connectivity index (χ2n) is 5.52. The Morgan fingerprint density at radius 1 is 1.12 bits per heavy atom. The third kappa shape index (κ3) is 6.39. The van der Waals surface area contributed by atoms with Crippen LogP contribution < -0.4 is 15.8 Å². The van der Waals surface area contributed by atoms with E-state index in [2.05, 4.69) is 42.4 Å². The van der Waals surface area contributed by atoms with E-state index in [1.165, 1.54) is 16.7 Å². The molecule has 0 spiro atoms. The van der Waals surface area contributed by atoms with Gasteiger partial charge < -0.3 is 15.8 Å². The normalized spacial score (nSPS) is 10.9. The van der Waals surface area contributed by atoms with Gasteiger partial charge in [0.15, 0.2) is 5.96 Å². The molecule has 0 bridgehead atoms. The summed E-state index contributed by atoms with van der Waals surface area (Å²) in [6, 6.07) is 14.2. The van der Waals surface area contributed by atoms with Gasteiger partial charge in [-0.3, -0.25) is 4.99 Å². The van der Waals surface area contributed by atoms with E-state index in [1.807, 2.05) is 31.2 Å². The number of benzene rings is 2. The third-order valence-electron chi connectivity index (χ3n) is 3.67. The maximum absolute atomic E-state index is 5.95. The molecule has 0 unspecified atom stereocenters. The maximum atomic E-state index is 5.95. The Kier molecular flexibility index (Phi) is 8.60. The summed E-state index contributed by atoms with van der Waals surface area (Å²) >= 11 is 0. The molecule has 2 aromatic carbocycles. The summed E-state index contributed by atoms with van der Waals surface area (Å²) in [7, 11) is 0. The standard InChI is InChI=1S/C19H25N3O.HI/c1-4-23-18-7-5-6-16(13-18)10-11-21-19(20)22-17-9-8-14(2)15(3)12-17;/h5-9,12-13H,4,10-11H2,1-3H3,(H3,20,21,22);1H. The zero-order valence-electron chi connectivity index (χ0n) is 14.5. The first-order valence-electron chi connectivity index (χ1n) is 7.94. The minimum Gasteiger partial charge on any atom is -0.494 e. The molecule has 3 N–H and O–H groups in total. The van der Waals surface area contributed by atoms with E-state index in [1.54, 1.807) is 0 Å². The molecule has 0 aromatic heterocycles. The summed E-state index contributed by atoms with van der Waals surface area (Å²) < 4.78 is 5.50. The zero-order valence-corrected chi connectivity index (χ0v) is 16.8. The van der Waals surface area contributed by atoms with Crippen molar-refractivity contribution in [3.8, 4) is 5.75 Å². The second kappa shape index (κ2) is 10.2. The fraction of sp³-hybridized carbons (Fsp3) is 0.316. The molecule has 4 nitrogen and oxygen atoms in total. The zero-order chi connectivity index (χ0) is 16.7. The molecule has 0 aliphatic heterocycles. The van der Waals surface area contributed by atoms with Crippen LogP contribution in [0.3, 0.4) is 0 Å². The molecule has 0 atom stereocenters. The van der Waals surface area contributed by atoms with E-state index in [-0.39, 0.29) is 24.0 Å². The van der Waals surface area contributed by atoms with Crippen molar-refractivity contribution < 1.29 is 4.74 Å². The maximum Gasteiger partial charge on any atom is 0.193 e. The minimum atomic E-state index is 0. The summed E-state index contributed by atoms with van der Waals surface area (Å²) in [6.45, 7) is 7.47. The first kappa shape index (κ1) is 20.3. The highest BCUT2D eigenvalue weighted by Crippen LogP contribution is 2.15. The Morgan fingerprint density at radius 3 is 2.62 bits per heavy atom. The van der Waals surface area contributed by atoms with Crippen LogP contribution in [-0.4, -0.2) is 19.1 Å². The molecule has 0 fully saturated rings. The third-order valence-corrected chi connectivity index (χ3v) is 3.67. The molecule has 130 valence electrons. The number of guanidine groups is 1. The number of halogens is 1. The number of hydrogen-bond donors (Lipinski definition) is 2. The quantitative estimate of drug-likeness (QED) is 0.401. The number of aliphatic imine (C=N–C) groups is 1. The number of nitrogens with two attached hydrogens (primary N) is 1. The van der Waals surface area contributed by atoms with Crippen LogP contribution in [0.2, 0.25) is 0 Å². The van der Waals surface area contributed by atoms with Gasteiger partial charge in [-0.25, -0.2) is 0 Å². The Bertz CT molecular complexity index is 686. The van der Waals surface area contributed by atoms with Gasteiger partial charge in [0.2, 0.25) is 0 Å². The highest BCUT2D eigenvalue weighted by atomic mass is 127. The first-order chi connectivity index (χ1) is 11.1. The van der Waals surface area contributed by atoms with Crippen molar-refractivity contribution in [2.24, 2.45) is 10.7 Å². The lowest BCUT2D eigenvalue weighted by molar-refractivity contribution is 0.340. The Hall–Kier alpha value is -1.76. The van der Waals surface area contributed by atoms with Crippen molar-refractivity contribution in [3.05, 3.63) is 59.2 Å². The van der Waals surface area contributed by atoms with E-state index in [0.717, 1.165) is 17.9 Å². The van der Waals surface area contributed by atoms with Crippen LogP contribution in [0.5, 0.6) is 5.75 Å². The fourth-order valence-electron chi connectivity index (χ4n) is 2.27. The number of anilines is 1. The lowest BCUT2D eigenvalue weighted by Crippen LogP contribution is -2.23. The lowest BCUT2D eigenvalue weighted by Gasteiger charge is -2.08. The molecular weight excluding hydrogens is 413 g/mol. The Labute approximate surface area is 161 Å². The summed E-state index contributed by atoms with van der Waals surface area (Å²) in [6.07, 6.45) is 0.830. The Morgan fingerprint density at radius 2 is 1.92 bits per heavy atom. The summed E-state index contributed by atoms with van der Waals surface area (Å²) in [5, 5.41) is 3.13. The van der Waals surface area contributed by atoms with Gasteiger partial charge >= 0.3 is 0 Å². The van der Waals surface area contributed by atoms with Crippen LogP contribution in [0.1, 0.15) is 23.6 Å². The number of nitrogens with zero attached hydrogens (tertiary/aromatic N) is 1. The minimum absolute atomic E-state index is 0. The molecule has 2 rings (SSSR count). The van der Waals surface area contributed by atoms with Gasteiger partial charge in [0.05, 0.1) is 6.61 Å². The van der Waals surface area contributed by atoms with Crippen molar-refractivity contribution in [1.29, 1.82) is 0 Å². The fourth-order valence-corrected chi connectivity index (χ4v) is 2.27. The summed E-state index contributed by atoms with van der Waals surface area (Å²) in [5.41, 5.74) is 10.6. The van der Waals surface area contributed by atoms with Crippen molar-refractivity contribution in [2.45, 2.75) is 27.2 Å². The van der Waals surface area contributed by atoms with Crippen LogP contribution in [0, 0.1) is 13.8 Å². The molecule has 0 saturated heterocycles. The van der Waals surface area contributed by atoms with Crippen LogP contribution >= 0.6 is 24.0 Å². The molecule has 0 aliphatic carbocycles. The Balaban J connectivity index is 0.00000288. The average Bonchev–Trinajstić information content (AvgIpc) is 2.52. The van der Waals surface area contributed by atoms with Crippen LogP contribution in [0.15, 0.2) is 47.5 Å². The van der Waals surface area contributed by atoms with E-state index >= 15 is 0 Å². The van der Waals surface area contributed by atoms with E-state index in [0.29, 0.717) is 19.1 Å². The topological polar surface area (TPSA) is 59.6 Å². The van der Waals surface area contributed by atoms with Gasteiger partial charge in [0.1, 0.15) is 5.75 Å². The van der Waals surface area contributed by atoms with Crippen LogP contribution in [-0.2, 0) is 6.42 Å². The van der Waals surface area contributed by atoms with Crippen LogP contribution in [0.25, 0.3) is 0 Å². The van der Waals surface area contributed by atoms with Crippen LogP contribution in [0.4, 0.5) is 5.69 Å². The largest absolute Gasteiger partial charge is 0.494 e. The molecule has 2 aromatic rings. The predicted molar refractivity (Wildman–Crippen MR) is 113 cm³/mol. The van der Waals surface area contributed by atoms with Crippen molar-refractivity contribution in [2.75, 3.05) is 18.5 Å². The lowest BCUT2D eigenvalue weighted by atomic mass is 10.1. The highest BCUT2D eigenvalue weighted by Gasteiger charge is 1.99. The number of nitrogens with one attached hydrogen (secondary N) is 1. The van der Waals surface area contributed by atoms with Gasteiger partial charge in [-0.15, -0.1) is 24.0 Å². The monoisotopic (exact) mass is 439 g/mol. The van der Waals surface area contributed by atoms with E-state index in [9.17, 15) is 0 Å². The molecule has 0 radical (unpaired) electrons. The molecule has 5 heteroatoms. The summed E-state index contributed by atoms with van der Waals surface area (Å²) in [4.78, 5) is 4.38. The number of ether oxygens (including phenoxy) is 1. The first-order valence-corrected chi connectivity index (χ1v) is 7.94. The predicted octanol–water partition coefficient (Wildman–Crippen LogP) is 4.29. The van der Waals surface area contributed by atoms with Gasteiger partial charge in [-0.2, -0.15) is 0 Å². The van der Waals surface area contributed by atoms with E-state index in [4.69, 9.17) is 10.5 Å². The molecule has 0 aliphatic rings. The second-order valence-corrected chi connectivity index (χ2v) is 5.52. The highest BCUT2D eigenvalue weighted by molar-refractivity contribution is 14.0. The van der Waals surface area contributed by atoms with Gasteiger partial charge in [-0.05, 0) is 68.1 Å². The molecule has 0 amide bonds. The van der Waals surface area contributed by atoms with Crippen molar-refractivity contribution in [3.63, 3.8) is 0 Å². The summed E-state index contributed by atoms with van der Waals surface area (Å²) in [5.74, 6) is 1.34. The SMILES string of the molecule is CCOc1cccc(CCN=C(N)Nc2ccc(C)c(C)c2)c1.I. The number of hydrogen-bond acceptors (Lipinski definition) is 2. The van der Waals surface area contributed by atoms with Gasteiger partial charge in [-0.1, -0.05) is 18.2 Å². The molecule has 24 heavy (non-hydrogen) atoms. The molecular formula is C19H26IN3O. The number of rotatable bonds is 6. The molecule has 0 saturated carbocycles.